The standard InChI is InChI=1S/C19H18FN3O2/c1-22-17-11-13(5-7-15(17)21-19(22)25)12-6-8-16(14(20)10-12)23-9-3-2-4-18(23)24/h5-8,10-11H,2-4,9H2,1H3,(H,21,25). The lowest BCUT2D eigenvalue weighted by atomic mass is 10.0. The number of imidazole rings is 1. The second-order valence-corrected chi connectivity index (χ2v) is 6.39. The number of amides is 1. The van der Waals surface area contributed by atoms with Gasteiger partial charge in [-0.3, -0.25) is 9.36 Å². The van der Waals surface area contributed by atoms with Crippen LogP contribution in [-0.4, -0.2) is 22.0 Å². The molecule has 1 saturated heterocycles. The molecule has 1 aromatic heterocycles. The number of halogens is 1. The molecule has 1 amide bonds. The first-order chi connectivity index (χ1) is 12.0. The van der Waals surface area contributed by atoms with Crippen LogP contribution < -0.4 is 10.6 Å². The van der Waals surface area contributed by atoms with E-state index in [9.17, 15) is 14.0 Å². The molecule has 0 unspecified atom stereocenters. The third-order valence-electron chi connectivity index (χ3n) is 4.80. The Hall–Kier alpha value is -2.89. The van der Waals surface area contributed by atoms with Crippen molar-refractivity contribution in [1.29, 1.82) is 0 Å². The van der Waals surface area contributed by atoms with Gasteiger partial charge in [-0.1, -0.05) is 12.1 Å². The maximum absolute atomic E-state index is 14.6. The van der Waals surface area contributed by atoms with Gasteiger partial charge < -0.3 is 9.88 Å². The molecule has 2 heterocycles. The van der Waals surface area contributed by atoms with Crippen LogP contribution in [0.2, 0.25) is 0 Å². The molecule has 3 aromatic rings. The molecule has 0 saturated carbocycles. The summed E-state index contributed by atoms with van der Waals surface area (Å²) in [6, 6.07) is 10.4. The minimum absolute atomic E-state index is 0.0263. The molecule has 0 spiro atoms. The number of H-pyrrole nitrogens is 1. The molecule has 2 aromatic carbocycles. The lowest BCUT2D eigenvalue weighted by Crippen LogP contribution is -2.35. The molecule has 5 nitrogen and oxygen atoms in total. The molecule has 1 N–H and O–H groups in total. The first-order valence-corrected chi connectivity index (χ1v) is 8.33. The number of anilines is 1. The number of carbonyl (C=O) groups excluding carboxylic acids is 1. The number of fused-ring (bicyclic) bond motifs is 1. The number of aryl methyl sites for hydroxylation is 1. The third kappa shape index (κ3) is 2.63. The van der Waals surface area contributed by atoms with Crippen molar-refractivity contribution in [1.82, 2.24) is 9.55 Å². The van der Waals surface area contributed by atoms with Crippen molar-refractivity contribution in [3.05, 3.63) is 52.7 Å². The van der Waals surface area contributed by atoms with Crippen molar-refractivity contribution < 1.29 is 9.18 Å². The zero-order chi connectivity index (χ0) is 17.6. The van der Waals surface area contributed by atoms with Gasteiger partial charge in [0.25, 0.3) is 0 Å². The van der Waals surface area contributed by atoms with Crippen LogP contribution >= 0.6 is 0 Å². The van der Waals surface area contributed by atoms with Gasteiger partial charge in [-0.15, -0.1) is 0 Å². The molecule has 1 aliphatic heterocycles. The Morgan fingerprint density at radius 3 is 2.56 bits per heavy atom. The van der Waals surface area contributed by atoms with Crippen molar-refractivity contribution in [2.75, 3.05) is 11.4 Å². The van der Waals surface area contributed by atoms with Gasteiger partial charge >= 0.3 is 5.69 Å². The summed E-state index contributed by atoms with van der Waals surface area (Å²) in [5, 5.41) is 0. The summed E-state index contributed by atoms with van der Waals surface area (Å²) in [4.78, 5) is 28.0. The Kier molecular flexibility index (Phi) is 3.67. The van der Waals surface area contributed by atoms with Crippen molar-refractivity contribution in [3.8, 4) is 11.1 Å². The molecule has 128 valence electrons. The highest BCUT2D eigenvalue weighted by Gasteiger charge is 2.22. The van der Waals surface area contributed by atoms with E-state index in [1.165, 1.54) is 15.5 Å². The fourth-order valence-corrected chi connectivity index (χ4v) is 3.37. The molecular formula is C19H18FN3O2. The maximum Gasteiger partial charge on any atom is 0.326 e. The van der Waals surface area contributed by atoms with Gasteiger partial charge in [-0.2, -0.15) is 0 Å². The van der Waals surface area contributed by atoms with E-state index in [1.54, 1.807) is 13.1 Å². The van der Waals surface area contributed by atoms with Gasteiger partial charge in [0.1, 0.15) is 5.82 Å². The van der Waals surface area contributed by atoms with E-state index < -0.39 is 5.82 Å². The average molecular weight is 339 g/mol. The van der Waals surface area contributed by atoms with E-state index in [0.717, 1.165) is 29.4 Å². The smallest absolute Gasteiger partial charge is 0.310 e. The molecule has 0 radical (unpaired) electrons. The lowest BCUT2D eigenvalue weighted by molar-refractivity contribution is -0.119. The van der Waals surface area contributed by atoms with Gasteiger partial charge in [-0.25, -0.2) is 9.18 Å². The van der Waals surface area contributed by atoms with Gasteiger partial charge in [0, 0.05) is 20.0 Å². The van der Waals surface area contributed by atoms with E-state index in [2.05, 4.69) is 4.98 Å². The minimum Gasteiger partial charge on any atom is -0.310 e. The maximum atomic E-state index is 14.6. The number of aromatic amines is 1. The normalized spacial score (nSPS) is 15.1. The number of benzene rings is 2. The van der Waals surface area contributed by atoms with E-state index in [1.807, 2.05) is 24.3 Å². The van der Waals surface area contributed by atoms with Gasteiger partial charge in [0.2, 0.25) is 5.91 Å². The van der Waals surface area contributed by atoms with E-state index in [4.69, 9.17) is 0 Å². The molecule has 0 bridgehead atoms. The number of nitrogens with zero attached hydrogens (tertiary/aromatic N) is 2. The zero-order valence-corrected chi connectivity index (χ0v) is 13.9. The number of rotatable bonds is 2. The SMILES string of the molecule is Cn1c(=O)[nH]c2ccc(-c3ccc(N4CCCCC4=O)c(F)c3)cc21. The molecule has 1 aliphatic rings. The summed E-state index contributed by atoms with van der Waals surface area (Å²) in [6.45, 7) is 0.562. The Balaban J connectivity index is 1.74. The summed E-state index contributed by atoms with van der Waals surface area (Å²) in [6.07, 6.45) is 2.23. The number of piperidine rings is 1. The number of hydrogen-bond donors (Lipinski definition) is 1. The highest BCUT2D eigenvalue weighted by molar-refractivity contribution is 5.94. The Morgan fingerprint density at radius 1 is 1.04 bits per heavy atom. The van der Waals surface area contributed by atoms with Crippen LogP contribution in [0.4, 0.5) is 10.1 Å². The fraction of sp³-hybridized carbons (Fsp3) is 0.263. The number of aromatic nitrogens is 2. The van der Waals surface area contributed by atoms with Crippen molar-refractivity contribution >= 4 is 22.6 Å². The van der Waals surface area contributed by atoms with Gasteiger partial charge in [0.15, 0.2) is 0 Å². The van der Waals surface area contributed by atoms with Crippen LogP contribution in [0.1, 0.15) is 19.3 Å². The quantitative estimate of drug-likeness (QED) is 0.779. The monoisotopic (exact) mass is 339 g/mol. The van der Waals surface area contributed by atoms with E-state index in [0.29, 0.717) is 24.2 Å². The molecule has 0 atom stereocenters. The van der Waals surface area contributed by atoms with Crippen molar-refractivity contribution in [2.24, 2.45) is 7.05 Å². The average Bonchev–Trinajstić information content (AvgIpc) is 2.90. The Morgan fingerprint density at radius 2 is 1.80 bits per heavy atom. The van der Waals surface area contributed by atoms with Crippen molar-refractivity contribution in [2.45, 2.75) is 19.3 Å². The number of nitrogens with one attached hydrogen (secondary N) is 1. The minimum atomic E-state index is -0.407. The van der Waals surface area contributed by atoms with Gasteiger partial charge in [0.05, 0.1) is 16.7 Å². The number of hydrogen-bond acceptors (Lipinski definition) is 2. The highest BCUT2D eigenvalue weighted by Crippen LogP contribution is 2.30. The summed E-state index contributed by atoms with van der Waals surface area (Å²) in [5.74, 6) is -0.433. The summed E-state index contributed by atoms with van der Waals surface area (Å²) < 4.78 is 16.2. The van der Waals surface area contributed by atoms with Crippen LogP contribution in [0, 0.1) is 5.82 Å². The predicted octanol–water partition coefficient (Wildman–Crippen LogP) is 3.19. The summed E-state index contributed by atoms with van der Waals surface area (Å²) >= 11 is 0. The zero-order valence-electron chi connectivity index (χ0n) is 13.9. The van der Waals surface area contributed by atoms with Crippen LogP contribution in [-0.2, 0) is 11.8 Å². The topological polar surface area (TPSA) is 58.1 Å². The Bertz CT molecular complexity index is 1030. The fourth-order valence-electron chi connectivity index (χ4n) is 3.37. The molecule has 0 aliphatic carbocycles. The van der Waals surface area contributed by atoms with Crippen molar-refractivity contribution in [3.63, 3.8) is 0 Å². The number of carbonyl (C=O) groups is 1. The largest absolute Gasteiger partial charge is 0.326 e. The molecule has 4 rings (SSSR count). The van der Waals surface area contributed by atoms with E-state index in [-0.39, 0.29) is 11.6 Å². The molecule has 6 heteroatoms. The Labute approximate surface area is 143 Å². The van der Waals surface area contributed by atoms with Crippen LogP contribution in [0.5, 0.6) is 0 Å². The molecule has 25 heavy (non-hydrogen) atoms. The highest BCUT2D eigenvalue weighted by atomic mass is 19.1. The first kappa shape index (κ1) is 15.6. The summed E-state index contributed by atoms with van der Waals surface area (Å²) in [7, 11) is 1.69. The lowest BCUT2D eigenvalue weighted by Gasteiger charge is -2.27. The first-order valence-electron chi connectivity index (χ1n) is 8.33. The second kappa shape index (κ2) is 5.88. The summed E-state index contributed by atoms with van der Waals surface area (Å²) in [5.41, 5.74) is 3.19. The van der Waals surface area contributed by atoms with Crippen LogP contribution in [0.15, 0.2) is 41.2 Å². The molecule has 1 fully saturated rings. The van der Waals surface area contributed by atoms with Gasteiger partial charge in [-0.05, 0) is 48.2 Å². The second-order valence-electron chi connectivity index (χ2n) is 6.39. The molecular weight excluding hydrogens is 321 g/mol. The predicted molar refractivity (Wildman–Crippen MR) is 95.1 cm³/mol. The van der Waals surface area contributed by atoms with E-state index >= 15 is 0 Å². The van der Waals surface area contributed by atoms with Crippen LogP contribution in [0.25, 0.3) is 22.2 Å². The third-order valence-corrected chi connectivity index (χ3v) is 4.80. The van der Waals surface area contributed by atoms with Crippen LogP contribution in [0.3, 0.4) is 0 Å².